The van der Waals surface area contributed by atoms with Crippen molar-refractivity contribution >= 4 is 16.2 Å². The molecule has 0 radical (unpaired) electrons. The Morgan fingerprint density at radius 2 is 1.94 bits per heavy atom. The van der Waals surface area contributed by atoms with Crippen LogP contribution >= 0.6 is 0 Å². The molecule has 0 bridgehead atoms. The van der Waals surface area contributed by atoms with Gasteiger partial charge in [0.15, 0.2) is 0 Å². The summed E-state index contributed by atoms with van der Waals surface area (Å²) in [5.74, 6) is 0. The van der Waals surface area contributed by atoms with Crippen molar-refractivity contribution in [2.45, 2.75) is 24.2 Å². The smallest absolute Gasteiger partial charge is 0.465 e. The fourth-order valence-electron chi connectivity index (χ4n) is 1.38. The Balaban J connectivity index is 2.69. The van der Waals surface area contributed by atoms with Crippen LogP contribution < -0.4 is 0 Å². The SMILES string of the molecule is O=C(O)N1CC[C@@H](OS(=O)(=O)C(F)(F)F)[C@H](F)C1. The van der Waals surface area contributed by atoms with Crippen LogP contribution in [0.4, 0.5) is 22.4 Å². The van der Waals surface area contributed by atoms with E-state index in [2.05, 4.69) is 4.18 Å². The van der Waals surface area contributed by atoms with Crippen molar-refractivity contribution in [3.05, 3.63) is 0 Å². The van der Waals surface area contributed by atoms with E-state index in [1.165, 1.54) is 0 Å². The van der Waals surface area contributed by atoms with Crippen molar-refractivity contribution in [2.75, 3.05) is 13.1 Å². The molecule has 1 amide bonds. The molecule has 0 aromatic heterocycles. The average Bonchev–Trinajstić information content (AvgIpc) is 2.18. The van der Waals surface area contributed by atoms with Crippen LogP contribution in [0.15, 0.2) is 0 Å². The third-order valence-corrected chi connectivity index (χ3v) is 3.35. The summed E-state index contributed by atoms with van der Waals surface area (Å²) in [5, 5.41) is 8.52. The van der Waals surface area contributed by atoms with Gasteiger partial charge in [-0.25, -0.2) is 9.18 Å². The first-order chi connectivity index (χ1) is 8.04. The molecule has 1 saturated heterocycles. The Morgan fingerprint density at radius 1 is 1.39 bits per heavy atom. The standard InChI is InChI=1S/C7H9F4NO5S/c8-4-3-12(6(13)14)2-1-5(4)17-18(15,16)7(9,10)11/h4-5H,1-3H2,(H,13,14)/t4-,5-/m1/s1. The maximum Gasteiger partial charge on any atom is 0.523 e. The highest BCUT2D eigenvalue weighted by Crippen LogP contribution is 2.29. The molecular formula is C7H9F4NO5S. The molecule has 0 saturated carbocycles. The van der Waals surface area contributed by atoms with Crippen LogP contribution in [-0.4, -0.2) is 55.4 Å². The van der Waals surface area contributed by atoms with Gasteiger partial charge in [-0.15, -0.1) is 0 Å². The number of alkyl halides is 4. The lowest BCUT2D eigenvalue weighted by molar-refractivity contribution is -0.0641. The molecule has 0 aliphatic carbocycles. The predicted molar refractivity (Wildman–Crippen MR) is 49.0 cm³/mol. The molecular weight excluding hydrogens is 286 g/mol. The summed E-state index contributed by atoms with van der Waals surface area (Å²) in [6.45, 7) is -1.03. The van der Waals surface area contributed by atoms with Crippen LogP contribution in [-0.2, 0) is 14.3 Å². The van der Waals surface area contributed by atoms with Crippen molar-refractivity contribution in [3.8, 4) is 0 Å². The lowest BCUT2D eigenvalue weighted by Crippen LogP contribution is -2.49. The number of piperidine rings is 1. The average molecular weight is 295 g/mol. The zero-order valence-corrected chi connectivity index (χ0v) is 9.54. The van der Waals surface area contributed by atoms with Gasteiger partial charge in [0.2, 0.25) is 0 Å². The quantitative estimate of drug-likeness (QED) is 0.466. The van der Waals surface area contributed by atoms with Gasteiger partial charge in [-0.05, 0) is 6.42 Å². The van der Waals surface area contributed by atoms with E-state index in [-0.39, 0.29) is 6.54 Å². The van der Waals surface area contributed by atoms with Gasteiger partial charge in [0.1, 0.15) is 12.3 Å². The lowest BCUT2D eigenvalue weighted by atomic mass is 10.1. The zero-order valence-electron chi connectivity index (χ0n) is 8.72. The first kappa shape index (κ1) is 15.0. The summed E-state index contributed by atoms with van der Waals surface area (Å²) in [7, 11) is -5.87. The van der Waals surface area contributed by atoms with E-state index in [1.54, 1.807) is 0 Å². The highest BCUT2D eigenvalue weighted by Gasteiger charge is 2.50. The summed E-state index contributed by atoms with van der Waals surface area (Å²) in [5.41, 5.74) is -5.63. The van der Waals surface area contributed by atoms with Crippen molar-refractivity contribution in [2.24, 2.45) is 0 Å². The van der Waals surface area contributed by atoms with Gasteiger partial charge in [0.25, 0.3) is 0 Å². The van der Waals surface area contributed by atoms with Crippen molar-refractivity contribution < 1.29 is 40.1 Å². The van der Waals surface area contributed by atoms with Gasteiger partial charge in [-0.2, -0.15) is 21.6 Å². The maximum absolute atomic E-state index is 13.3. The third kappa shape index (κ3) is 3.22. The molecule has 0 aromatic carbocycles. The van der Waals surface area contributed by atoms with Gasteiger partial charge < -0.3 is 10.0 Å². The number of rotatable bonds is 2. The van der Waals surface area contributed by atoms with Gasteiger partial charge in [0.05, 0.1) is 6.54 Å². The van der Waals surface area contributed by atoms with Gasteiger partial charge in [-0.1, -0.05) is 0 Å². The van der Waals surface area contributed by atoms with Gasteiger partial charge >= 0.3 is 21.7 Å². The normalized spacial score (nSPS) is 26.1. The number of halogens is 4. The number of carboxylic acid groups (broad SMARTS) is 1. The van der Waals surface area contributed by atoms with Crippen LogP contribution in [0, 0.1) is 0 Å². The Morgan fingerprint density at radius 3 is 2.33 bits per heavy atom. The molecule has 0 spiro atoms. The minimum Gasteiger partial charge on any atom is -0.465 e. The van der Waals surface area contributed by atoms with E-state index >= 15 is 0 Å². The van der Waals surface area contributed by atoms with Crippen molar-refractivity contribution in [1.82, 2.24) is 4.90 Å². The summed E-state index contributed by atoms with van der Waals surface area (Å²) in [6.07, 6.45) is -5.86. The molecule has 11 heteroatoms. The highest BCUT2D eigenvalue weighted by atomic mass is 32.2. The summed E-state index contributed by atoms with van der Waals surface area (Å²) in [6, 6.07) is 0. The van der Waals surface area contributed by atoms with Crippen LogP contribution in [0.25, 0.3) is 0 Å². The molecule has 18 heavy (non-hydrogen) atoms. The highest BCUT2D eigenvalue weighted by molar-refractivity contribution is 7.87. The Bertz CT molecular complexity index is 422. The van der Waals surface area contributed by atoms with E-state index in [1.807, 2.05) is 0 Å². The minimum absolute atomic E-state index is 0.298. The molecule has 106 valence electrons. The van der Waals surface area contributed by atoms with Crippen molar-refractivity contribution in [3.63, 3.8) is 0 Å². The molecule has 1 rings (SSSR count). The Labute approximate surface area is 99.2 Å². The van der Waals surface area contributed by atoms with E-state index in [4.69, 9.17) is 5.11 Å². The second kappa shape index (κ2) is 4.88. The lowest BCUT2D eigenvalue weighted by Gasteiger charge is -2.32. The van der Waals surface area contributed by atoms with Crippen molar-refractivity contribution in [1.29, 1.82) is 0 Å². The van der Waals surface area contributed by atoms with E-state index in [9.17, 15) is 30.8 Å². The second-order valence-electron chi connectivity index (χ2n) is 3.57. The first-order valence-electron chi connectivity index (χ1n) is 4.66. The van der Waals surface area contributed by atoms with E-state index in [0.717, 1.165) is 0 Å². The fourth-order valence-corrected chi connectivity index (χ4v) is 2.03. The summed E-state index contributed by atoms with van der Waals surface area (Å²) >= 11 is 0. The number of amides is 1. The molecule has 0 aromatic rings. The van der Waals surface area contributed by atoms with Crippen LogP contribution in [0.3, 0.4) is 0 Å². The molecule has 1 aliphatic rings. The number of hydrogen-bond donors (Lipinski definition) is 1. The monoisotopic (exact) mass is 295 g/mol. The molecule has 2 atom stereocenters. The second-order valence-corrected chi connectivity index (χ2v) is 5.13. The number of hydrogen-bond acceptors (Lipinski definition) is 4. The summed E-state index contributed by atoms with van der Waals surface area (Å²) < 4.78 is 74.3. The minimum atomic E-state index is -5.87. The Kier molecular flexibility index (Phi) is 4.05. The molecule has 6 nitrogen and oxygen atoms in total. The van der Waals surface area contributed by atoms with Gasteiger partial charge in [0, 0.05) is 6.54 Å². The predicted octanol–water partition coefficient (Wildman–Crippen LogP) is 0.943. The van der Waals surface area contributed by atoms with Crippen LogP contribution in [0.2, 0.25) is 0 Å². The Hall–Kier alpha value is -1.10. The van der Waals surface area contributed by atoms with Crippen LogP contribution in [0.5, 0.6) is 0 Å². The first-order valence-corrected chi connectivity index (χ1v) is 6.07. The molecule has 1 aliphatic heterocycles. The number of carbonyl (C=O) groups is 1. The molecule has 1 heterocycles. The maximum atomic E-state index is 13.3. The topological polar surface area (TPSA) is 83.9 Å². The van der Waals surface area contributed by atoms with E-state index in [0.29, 0.717) is 4.90 Å². The third-order valence-electron chi connectivity index (χ3n) is 2.29. The zero-order chi connectivity index (χ0) is 14.1. The summed E-state index contributed by atoms with van der Waals surface area (Å²) in [4.78, 5) is 11.1. The number of nitrogens with zero attached hydrogens (tertiary/aromatic N) is 1. The number of likely N-dealkylation sites (tertiary alicyclic amines) is 1. The largest absolute Gasteiger partial charge is 0.523 e. The molecule has 1 fully saturated rings. The van der Waals surface area contributed by atoms with Crippen LogP contribution in [0.1, 0.15) is 6.42 Å². The molecule has 0 unspecified atom stereocenters. The van der Waals surface area contributed by atoms with Gasteiger partial charge in [-0.3, -0.25) is 4.18 Å². The fraction of sp³-hybridized carbons (Fsp3) is 0.857. The van der Waals surface area contributed by atoms with E-state index < -0.39 is 47.0 Å². The molecule has 1 N–H and O–H groups in total.